The molecule has 0 radical (unpaired) electrons. The third kappa shape index (κ3) is 5.41. The Labute approximate surface area is 136 Å². The summed E-state index contributed by atoms with van der Waals surface area (Å²) >= 11 is 4.96. The summed E-state index contributed by atoms with van der Waals surface area (Å²) in [6.07, 6.45) is 0.737. The molecule has 1 nitrogen and oxygen atoms in total. The lowest BCUT2D eigenvalue weighted by atomic mass is 10.1. The van der Waals surface area contributed by atoms with Crippen LogP contribution >= 0.6 is 27.7 Å². The first kappa shape index (κ1) is 16.5. The molecule has 5 heteroatoms. The molecular weight excluding hydrogens is 356 g/mol. The molecule has 0 aliphatic carbocycles. The highest BCUT2D eigenvalue weighted by Gasteiger charge is 2.10. The minimum atomic E-state index is -0.236. The SMILES string of the molecule is CNC(CSc1ccc(F)cc1)Cc1cc(F)cc(Br)c1. The van der Waals surface area contributed by atoms with Gasteiger partial charge in [-0.3, -0.25) is 0 Å². The first-order chi connectivity index (χ1) is 10.1. The van der Waals surface area contributed by atoms with Gasteiger partial charge in [-0.25, -0.2) is 8.78 Å². The minimum absolute atomic E-state index is 0.216. The second kappa shape index (κ2) is 7.92. The average Bonchev–Trinajstić information content (AvgIpc) is 2.44. The van der Waals surface area contributed by atoms with Gasteiger partial charge in [0.05, 0.1) is 0 Å². The van der Waals surface area contributed by atoms with Gasteiger partial charge in [0.2, 0.25) is 0 Å². The van der Waals surface area contributed by atoms with Crippen molar-refractivity contribution in [3.05, 3.63) is 64.1 Å². The first-order valence-electron chi connectivity index (χ1n) is 6.57. The van der Waals surface area contributed by atoms with Gasteiger partial charge < -0.3 is 5.32 Å². The van der Waals surface area contributed by atoms with E-state index in [1.54, 1.807) is 30.0 Å². The van der Waals surface area contributed by atoms with Crippen LogP contribution in [0.25, 0.3) is 0 Å². The van der Waals surface area contributed by atoms with Gasteiger partial charge in [-0.2, -0.15) is 0 Å². The lowest BCUT2D eigenvalue weighted by molar-refractivity contribution is 0.602. The summed E-state index contributed by atoms with van der Waals surface area (Å²) in [5.74, 6) is 0.366. The van der Waals surface area contributed by atoms with Crippen molar-refractivity contribution in [1.29, 1.82) is 0 Å². The first-order valence-corrected chi connectivity index (χ1v) is 8.35. The summed E-state index contributed by atoms with van der Waals surface area (Å²) in [5, 5.41) is 3.24. The number of nitrogens with one attached hydrogen (secondary N) is 1. The number of hydrogen-bond donors (Lipinski definition) is 1. The summed E-state index contributed by atoms with van der Waals surface area (Å²) < 4.78 is 27.0. The summed E-state index contributed by atoms with van der Waals surface area (Å²) in [4.78, 5) is 1.03. The van der Waals surface area contributed by atoms with Crippen molar-refractivity contribution in [2.24, 2.45) is 0 Å². The van der Waals surface area contributed by atoms with Gasteiger partial charge in [-0.15, -0.1) is 11.8 Å². The van der Waals surface area contributed by atoms with E-state index in [0.29, 0.717) is 0 Å². The van der Waals surface area contributed by atoms with Gasteiger partial charge in [0.25, 0.3) is 0 Å². The van der Waals surface area contributed by atoms with Crippen molar-refractivity contribution in [2.45, 2.75) is 17.4 Å². The summed E-state index contributed by atoms with van der Waals surface area (Å²) in [5.41, 5.74) is 0.945. The maximum Gasteiger partial charge on any atom is 0.124 e. The number of halogens is 3. The molecule has 0 aliphatic heterocycles. The molecule has 0 bridgehead atoms. The van der Waals surface area contributed by atoms with E-state index in [-0.39, 0.29) is 17.7 Å². The summed E-state index contributed by atoms with van der Waals surface area (Å²) in [6, 6.07) is 11.6. The van der Waals surface area contributed by atoms with E-state index in [9.17, 15) is 8.78 Å². The predicted octanol–water partition coefficient (Wildman–Crippen LogP) is 4.65. The predicted molar refractivity (Wildman–Crippen MR) is 87.8 cm³/mol. The highest BCUT2D eigenvalue weighted by Crippen LogP contribution is 2.21. The molecule has 112 valence electrons. The third-order valence-electron chi connectivity index (χ3n) is 3.08. The number of rotatable bonds is 6. The van der Waals surface area contributed by atoms with Crippen LogP contribution < -0.4 is 5.32 Å². The van der Waals surface area contributed by atoms with Gasteiger partial charge in [0, 0.05) is 21.2 Å². The molecule has 0 spiro atoms. The average molecular weight is 372 g/mol. The zero-order valence-electron chi connectivity index (χ0n) is 11.6. The van der Waals surface area contributed by atoms with Crippen molar-refractivity contribution in [3.63, 3.8) is 0 Å². The van der Waals surface area contributed by atoms with Gasteiger partial charge >= 0.3 is 0 Å². The molecule has 0 aliphatic rings. The standard InChI is InChI=1S/C16H16BrF2NS/c1-20-15(8-11-6-12(17)9-14(19)7-11)10-21-16-4-2-13(18)3-5-16/h2-7,9,15,20H,8,10H2,1H3. The van der Waals surface area contributed by atoms with Crippen molar-refractivity contribution < 1.29 is 8.78 Å². The Morgan fingerprint density at radius 1 is 1.10 bits per heavy atom. The Bertz CT molecular complexity index is 569. The van der Waals surface area contributed by atoms with Crippen LogP contribution in [0.4, 0.5) is 8.78 Å². The van der Waals surface area contributed by atoms with Crippen LogP contribution in [0.1, 0.15) is 5.56 Å². The Morgan fingerprint density at radius 2 is 1.81 bits per heavy atom. The van der Waals surface area contributed by atoms with E-state index in [4.69, 9.17) is 0 Å². The van der Waals surface area contributed by atoms with E-state index < -0.39 is 0 Å². The van der Waals surface area contributed by atoms with Gasteiger partial charge in [0.15, 0.2) is 0 Å². The molecular formula is C16H16BrF2NS. The normalized spacial score (nSPS) is 12.4. The zero-order chi connectivity index (χ0) is 15.2. The van der Waals surface area contributed by atoms with E-state index in [2.05, 4.69) is 21.2 Å². The topological polar surface area (TPSA) is 12.0 Å². The van der Waals surface area contributed by atoms with E-state index >= 15 is 0 Å². The molecule has 21 heavy (non-hydrogen) atoms. The molecule has 2 aromatic rings. The highest BCUT2D eigenvalue weighted by atomic mass is 79.9. The lowest BCUT2D eigenvalue weighted by Crippen LogP contribution is -2.30. The molecule has 1 atom stereocenters. The van der Waals surface area contributed by atoms with Crippen LogP contribution in [0, 0.1) is 11.6 Å². The quantitative estimate of drug-likeness (QED) is 0.741. The fraction of sp³-hybridized carbons (Fsp3) is 0.250. The van der Waals surface area contributed by atoms with Crippen LogP contribution in [0.3, 0.4) is 0 Å². The van der Waals surface area contributed by atoms with E-state index in [0.717, 1.165) is 27.1 Å². The third-order valence-corrected chi connectivity index (χ3v) is 4.71. The maximum absolute atomic E-state index is 13.4. The Hall–Kier alpha value is -0.910. The lowest BCUT2D eigenvalue weighted by Gasteiger charge is -2.16. The van der Waals surface area contributed by atoms with Crippen molar-refractivity contribution in [3.8, 4) is 0 Å². The van der Waals surface area contributed by atoms with Crippen LogP contribution in [0.15, 0.2) is 51.8 Å². The van der Waals surface area contributed by atoms with Gasteiger partial charge in [0.1, 0.15) is 11.6 Å². The molecule has 2 rings (SSSR count). The van der Waals surface area contributed by atoms with E-state index in [1.807, 2.05) is 13.1 Å². The van der Waals surface area contributed by atoms with Crippen LogP contribution in [-0.4, -0.2) is 18.8 Å². The molecule has 2 aromatic carbocycles. The fourth-order valence-corrected chi connectivity index (χ4v) is 3.50. The second-order valence-electron chi connectivity index (χ2n) is 4.73. The Morgan fingerprint density at radius 3 is 2.43 bits per heavy atom. The number of likely N-dealkylation sites (N-methyl/N-ethyl adjacent to an activating group) is 1. The highest BCUT2D eigenvalue weighted by molar-refractivity contribution is 9.10. The maximum atomic E-state index is 13.4. The smallest absolute Gasteiger partial charge is 0.124 e. The minimum Gasteiger partial charge on any atom is -0.316 e. The van der Waals surface area contributed by atoms with Crippen molar-refractivity contribution >= 4 is 27.7 Å². The molecule has 0 aromatic heterocycles. The monoisotopic (exact) mass is 371 g/mol. The molecule has 0 amide bonds. The zero-order valence-corrected chi connectivity index (χ0v) is 14.0. The van der Waals surface area contributed by atoms with Crippen LogP contribution in [-0.2, 0) is 6.42 Å². The Kier molecular flexibility index (Phi) is 6.21. The second-order valence-corrected chi connectivity index (χ2v) is 6.74. The number of thioether (sulfide) groups is 1. The molecule has 0 saturated carbocycles. The Balaban J connectivity index is 1.95. The van der Waals surface area contributed by atoms with Crippen LogP contribution in [0.5, 0.6) is 0 Å². The molecule has 1 unspecified atom stereocenters. The number of benzene rings is 2. The fourth-order valence-electron chi connectivity index (χ4n) is 1.99. The van der Waals surface area contributed by atoms with Crippen molar-refractivity contribution in [2.75, 3.05) is 12.8 Å². The van der Waals surface area contributed by atoms with Crippen molar-refractivity contribution in [1.82, 2.24) is 5.32 Å². The largest absolute Gasteiger partial charge is 0.316 e. The van der Waals surface area contributed by atoms with Gasteiger partial charge in [-0.1, -0.05) is 15.9 Å². The molecule has 0 heterocycles. The molecule has 1 N–H and O–H groups in total. The summed E-state index contributed by atoms with van der Waals surface area (Å²) in [6.45, 7) is 0. The number of hydrogen-bond acceptors (Lipinski definition) is 2. The van der Waals surface area contributed by atoms with E-state index in [1.165, 1.54) is 18.2 Å². The van der Waals surface area contributed by atoms with Gasteiger partial charge in [-0.05, 0) is 61.5 Å². The molecule has 0 saturated heterocycles. The summed E-state index contributed by atoms with van der Waals surface area (Å²) in [7, 11) is 1.89. The van der Waals surface area contributed by atoms with Crippen LogP contribution in [0.2, 0.25) is 0 Å². The molecule has 0 fully saturated rings.